The van der Waals surface area contributed by atoms with Crippen LogP contribution in [0.4, 0.5) is 0 Å². The number of aryl methyl sites for hydroxylation is 1. The summed E-state index contributed by atoms with van der Waals surface area (Å²) in [5.74, 6) is 0.556. The molecule has 0 radical (unpaired) electrons. The van der Waals surface area contributed by atoms with Crippen LogP contribution in [0.2, 0.25) is 0 Å². The van der Waals surface area contributed by atoms with Crippen molar-refractivity contribution in [2.45, 2.75) is 6.54 Å². The molecule has 0 amide bonds. The highest BCUT2D eigenvalue weighted by Gasteiger charge is 2.36. The van der Waals surface area contributed by atoms with Crippen molar-refractivity contribution in [2.75, 3.05) is 0 Å². The van der Waals surface area contributed by atoms with Gasteiger partial charge in [0.05, 0.1) is 16.5 Å². The van der Waals surface area contributed by atoms with Gasteiger partial charge in [-0.3, -0.25) is 4.98 Å². The van der Waals surface area contributed by atoms with Gasteiger partial charge < -0.3 is 4.42 Å². The number of furan rings is 1. The van der Waals surface area contributed by atoms with E-state index in [1.54, 1.807) is 24.7 Å². The zero-order valence-corrected chi connectivity index (χ0v) is 10.4. The lowest BCUT2D eigenvalue weighted by molar-refractivity contribution is -0.652. The Kier molecular flexibility index (Phi) is 1.27. The van der Waals surface area contributed by atoms with E-state index in [0.29, 0.717) is 40.3 Å². The third-order valence-corrected chi connectivity index (χ3v) is 3.81. The molecule has 5 heterocycles. The van der Waals surface area contributed by atoms with Gasteiger partial charge in [-0.1, -0.05) is 6.07 Å². The zero-order chi connectivity index (χ0) is 15.8. The number of rotatable bonds is 0. The number of fused-ring (bicyclic) bond motifs is 7. The lowest BCUT2D eigenvalue weighted by Gasteiger charge is -1.93. The Labute approximate surface area is 118 Å². The fraction of sp³-hybridized carbons (Fsp3) is 0.133. The fourth-order valence-corrected chi connectivity index (χ4v) is 2.96. The first-order chi connectivity index (χ1) is 11.1. The first kappa shape index (κ1) is 7.79. The molecule has 0 N–H and O–H groups in total. The molecule has 96 valence electrons. The van der Waals surface area contributed by atoms with Gasteiger partial charge in [0, 0.05) is 30.2 Å². The van der Waals surface area contributed by atoms with Crippen molar-refractivity contribution in [3.05, 3.63) is 42.4 Å². The summed E-state index contributed by atoms with van der Waals surface area (Å²) >= 11 is 0. The largest absolute Gasteiger partial charge is 0.419 e. The summed E-state index contributed by atoms with van der Waals surface area (Å²) in [4.78, 5) is 8.48. The molecule has 0 fully saturated rings. The Morgan fingerprint density at radius 3 is 3.35 bits per heavy atom. The molecule has 4 aromatic rings. The first-order valence-corrected chi connectivity index (χ1v) is 6.31. The van der Waals surface area contributed by atoms with Crippen molar-refractivity contribution in [3.8, 4) is 11.5 Å². The van der Waals surface area contributed by atoms with Crippen LogP contribution < -0.4 is 4.57 Å². The van der Waals surface area contributed by atoms with Crippen molar-refractivity contribution in [1.29, 1.82) is 0 Å². The van der Waals surface area contributed by atoms with Crippen LogP contribution in [0.15, 0.2) is 41.2 Å². The summed E-state index contributed by atoms with van der Waals surface area (Å²) in [7, 11) is 0. The molecular weight excluding hydrogens is 252 g/mol. The maximum Gasteiger partial charge on any atom is 0.339 e. The monoisotopic (exact) mass is 266 g/mol. The molecule has 4 aromatic heterocycles. The second kappa shape index (κ2) is 3.25. The van der Waals surface area contributed by atoms with Gasteiger partial charge in [0.1, 0.15) is 12.1 Å². The Bertz CT molecular complexity index is 1090. The molecule has 0 atom stereocenters. The maximum absolute atomic E-state index is 7.99. The van der Waals surface area contributed by atoms with Gasteiger partial charge in [-0.15, -0.1) is 0 Å². The normalized spacial score (nSPS) is 15.9. The first-order valence-electron chi connectivity index (χ1n) is 7.81. The molecule has 0 aromatic carbocycles. The average Bonchev–Trinajstić information content (AvgIpc) is 3.13. The minimum absolute atomic E-state index is 0.539. The number of hydrogen-bond acceptors (Lipinski definition) is 3. The van der Waals surface area contributed by atoms with E-state index in [0.717, 1.165) is 5.56 Å². The average molecular weight is 266 g/mol. The SMILES string of the molecule is [2H]C([2H])([2H])n1c2[n+](c3oc4ccncc4c31)Cc1cccnc1-2. The summed E-state index contributed by atoms with van der Waals surface area (Å²) in [5.41, 5.74) is 3.38. The van der Waals surface area contributed by atoms with E-state index in [1.807, 2.05) is 16.7 Å². The molecule has 0 saturated heterocycles. The minimum atomic E-state index is -2.34. The summed E-state index contributed by atoms with van der Waals surface area (Å²) in [6.45, 7) is -1.80. The van der Waals surface area contributed by atoms with Crippen LogP contribution in [-0.2, 0) is 13.5 Å². The summed E-state index contributed by atoms with van der Waals surface area (Å²) in [6, 6.07) is 5.55. The number of aromatic nitrogens is 4. The Morgan fingerprint density at radius 2 is 2.40 bits per heavy atom. The highest BCUT2D eigenvalue weighted by molar-refractivity contribution is 6.00. The van der Waals surface area contributed by atoms with Crippen molar-refractivity contribution in [1.82, 2.24) is 14.5 Å². The molecule has 0 aliphatic carbocycles. The van der Waals surface area contributed by atoms with E-state index >= 15 is 0 Å². The highest BCUT2D eigenvalue weighted by Crippen LogP contribution is 2.33. The molecule has 1 aliphatic heterocycles. The predicted molar refractivity (Wildman–Crippen MR) is 73.0 cm³/mol. The molecular formula is C15H11N4O+. The minimum Gasteiger partial charge on any atom is -0.419 e. The fourth-order valence-electron chi connectivity index (χ4n) is 2.96. The molecule has 5 nitrogen and oxygen atoms in total. The molecule has 5 rings (SSSR count). The van der Waals surface area contributed by atoms with E-state index in [1.165, 1.54) is 4.57 Å². The number of pyridine rings is 2. The van der Waals surface area contributed by atoms with Gasteiger partial charge in [-0.25, -0.2) is 9.55 Å². The molecule has 1 aliphatic rings. The van der Waals surface area contributed by atoms with E-state index < -0.39 is 6.98 Å². The zero-order valence-electron chi connectivity index (χ0n) is 13.4. The third kappa shape index (κ3) is 1.02. The van der Waals surface area contributed by atoms with Gasteiger partial charge in [0.2, 0.25) is 5.52 Å². The van der Waals surface area contributed by atoms with Gasteiger partial charge >= 0.3 is 11.5 Å². The highest BCUT2D eigenvalue weighted by atomic mass is 16.3. The number of hydrogen-bond donors (Lipinski definition) is 0. The van der Waals surface area contributed by atoms with Gasteiger partial charge in [-0.05, 0) is 6.07 Å². The third-order valence-electron chi connectivity index (χ3n) is 3.81. The predicted octanol–water partition coefficient (Wildman–Crippen LogP) is 2.03. The van der Waals surface area contributed by atoms with E-state index in [-0.39, 0.29) is 0 Å². The Hall–Kier alpha value is -2.69. The molecule has 0 bridgehead atoms. The smallest absolute Gasteiger partial charge is 0.339 e. The van der Waals surface area contributed by atoms with E-state index in [4.69, 9.17) is 8.53 Å². The Balaban J connectivity index is 2.01. The van der Waals surface area contributed by atoms with Crippen LogP contribution >= 0.6 is 0 Å². The van der Waals surface area contributed by atoms with Gasteiger partial charge in [0.15, 0.2) is 5.69 Å². The second-order valence-corrected chi connectivity index (χ2v) is 4.88. The van der Waals surface area contributed by atoms with Crippen LogP contribution in [0.5, 0.6) is 0 Å². The van der Waals surface area contributed by atoms with Crippen molar-refractivity contribution in [3.63, 3.8) is 0 Å². The van der Waals surface area contributed by atoms with Crippen LogP contribution in [0.25, 0.3) is 33.7 Å². The summed E-state index contributed by atoms with van der Waals surface area (Å²) in [6.07, 6.45) is 4.94. The lowest BCUT2D eigenvalue weighted by Crippen LogP contribution is -2.31. The molecule has 0 saturated carbocycles. The number of imidazole rings is 1. The molecule has 0 unspecified atom stereocenters. The Morgan fingerprint density at radius 1 is 1.40 bits per heavy atom. The second-order valence-electron chi connectivity index (χ2n) is 4.88. The topological polar surface area (TPSA) is 47.7 Å². The lowest BCUT2D eigenvalue weighted by atomic mass is 10.2. The van der Waals surface area contributed by atoms with E-state index in [2.05, 4.69) is 9.97 Å². The molecule has 20 heavy (non-hydrogen) atoms. The molecule has 5 heteroatoms. The summed E-state index contributed by atoms with van der Waals surface area (Å²) < 4.78 is 33.1. The van der Waals surface area contributed by atoms with Crippen LogP contribution in [-0.4, -0.2) is 14.5 Å². The standard InChI is InChI=1S/C15H11N4O/c1-18-13-10-7-16-6-4-11(10)20-15(13)19-8-9-3-2-5-17-12(9)14(18)19/h2-7H,8H2,1H3/q+1/i1D3. The van der Waals surface area contributed by atoms with E-state index in [9.17, 15) is 0 Å². The van der Waals surface area contributed by atoms with Gasteiger partial charge in [-0.2, -0.15) is 4.57 Å². The maximum atomic E-state index is 7.99. The van der Waals surface area contributed by atoms with Crippen molar-refractivity contribution < 1.29 is 13.1 Å². The van der Waals surface area contributed by atoms with Gasteiger partial charge in [0.25, 0.3) is 0 Å². The quantitative estimate of drug-likeness (QED) is 0.403. The van der Waals surface area contributed by atoms with Crippen LogP contribution in [0.3, 0.4) is 0 Å². The van der Waals surface area contributed by atoms with Crippen molar-refractivity contribution >= 4 is 22.2 Å². The number of nitrogens with zero attached hydrogens (tertiary/aromatic N) is 4. The summed E-state index contributed by atoms with van der Waals surface area (Å²) in [5, 5.41) is 0.693. The molecule has 0 spiro atoms. The van der Waals surface area contributed by atoms with Crippen LogP contribution in [0, 0.1) is 0 Å². The van der Waals surface area contributed by atoms with Crippen molar-refractivity contribution in [2.24, 2.45) is 6.98 Å². The van der Waals surface area contributed by atoms with Crippen LogP contribution in [0.1, 0.15) is 9.68 Å².